The van der Waals surface area contributed by atoms with E-state index in [4.69, 9.17) is 4.74 Å². The number of rotatable bonds is 6. The van der Waals surface area contributed by atoms with Crippen LogP contribution in [0.5, 0.6) is 0 Å². The Labute approximate surface area is 138 Å². The van der Waals surface area contributed by atoms with Gasteiger partial charge in [0, 0.05) is 6.54 Å². The van der Waals surface area contributed by atoms with E-state index < -0.39 is 11.5 Å². The zero-order valence-corrected chi connectivity index (χ0v) is 13.4. The maximum atomic E-state index is 12.0. The number of hydrogen-bond donors (Lipinski definition) is 1. The quantitative estimate of drug-likeness (QED) is 0.699. The van der Waals surface area contributed by atoms with Crippen molar-refractivity contribution in [3.05, 3.63) is 58.3 Å². The summed E-state index contributed by atoms with van der Waals surface area (Å²) in [4.78, 5) is 30.3. The summed E-state index contributed by atoms with van der Waals surface area (Å²) in [6.45, 7) is 2.58. The second-order valence-electron chi connectivity index (χ2n) is 5.35. The number of benzene rings is 1. The molecule has 1 aromatic carbocycles. The molecule has 0 amide bonds. The highest BCUT2D eigenvalue weighted by Gasteiger charge is 2.14. The molecule has 0 saturated heterocycles. The molecular weight excluding hydrogens is 308 g/mol. The summed E-state index contributed by atoms with van der Waals surface area (Å²) in [7, 11) is 0. The summed E-state index contributed by atoms with van der Waals surface area (Å²) in [5, 5.41) is 4.25. The molecule has 7 nitrogen and oxygen atoms in total. The van der Waals surface area contributed by atoms with E-state index in [0.29, 0.717) is 12.1 Å². The van der Waals surface area contributed by atoms with Gasteiger partial charge in [0.1, 0.15) is 5.52 Å². The molecule has 24 heavy (non-hydrogen) atoms. The average molecular weight is 326 g/mol. The molecule has 0 saturated carbocycles. The highest BCUT2D eigenvalue weighted by Crippen LogP contribution is 2.08. The highest BCUT2D eigenvalue weighted by molar-refractivity contribution is 5.87. The summed E-state index contributed by atoms with van der Waals surface area (Å²) < 4.78 is 6.54. The van der Waals surface area contributed by atoms with Crippen molar-refractivity contribution in [3.8, 4) is 0 Å². The Morgan fingerprint density at radius 3 is 2.83 bits per heavy atom. The number of aryl methyl sites for hydroxylation is 2. The number of hydrogen-bond acceptors (Lipinski definition) is 5. The summed E-state index contributed by atoms with van der Waals surface area (Å²) in [6.07, 6.45) is 3.49. The molecule has 124 valence electrons. The maximum absolute atomic E-state index is 12.0. The summed E-state index contributed by atoms with van der Waals surface area (Å²) >= 11 is 0. The molecule has 2 aromatic heterocycles. The van der Waals surface area contributed by atoms with Crippen molar-refractivity contribution in [2.24, 2.45) is 0 Å². The van der Waals surface area contributed by atoms with Crippen LogP contribution in [-0.4, -0.2) is 32.3 Å². The van der Waals surface area contributed by atoms with Crippen LogP contribution in [0.2, 0.25) is 0 Å². The molecule has 0 aliphatic rings. The topological polar surface area (TPSA) is 89.9 Å². The van der Waals surface area contributed by atoms with Crippen molar-refractivity contribution in [2.45, 2.75) is 26.3 Å². The number of nitrogens with one attached hydrogen (secondary N) is 1. The smallest absolute Gasteiger partial charge is 0.374 e. The Hall–Kier alpha value is -2.96. The number of fused-ring (bicyclic) bond motifs is 1. The minimum atomic E-state index is -0.645. The lowest BCUT2D eigenvalue weighted by Crippen LogP contribution is -2.17. The molecule has 0 unspecified atom stereocenters. The predicted molar refractivity (Wildman–Crippen MR) is 88.9 cm³/mol. The summed E-state index contributed by atoms with van der Waals surface area (Å²) in [5.74, 6) is -0.744. The van der Waals surface area contributed by atoms with E-state index in [1.165, 1.54) is 5.56 Å². The molecule has 2 heterocycles. The molecule has 0 aliphatic heterocycles. The van der Waals surface area contributed by atoms with Crippen LogP contribution in [0.15, 0.2) is 41.3 Å². The molecule has 0 spiro atoms. The normalized spacial score (nSPS) is 10.9. The van der Waals surface area contributed by atoms with E-state index in [2.05, 4.69) is 27.2 Å². The minimum Gasteiger partial charge on any atom is -0.460 e. The Bertz CT molecular complexity index is 899. The van der Waals surface area contributed by atoms with Crippen LogP contribution >= 0.6 is 0 Å². The van der Waals surface area contributed by atoms with Gasteiger partial charge in [-0.15, -0.1) is 0 Å². The number of nitrogens with zero attached hydrogens (tertiary/aromatic N) is 3. The fraction of sp³-hybridized carbons (Fsp3) is 0.294. The fourth-order valence-corrected chi connectivity index (χ4v) is 2.47. The number of carbonyl (C=O) groups is 1. The molecular formula is C17H18N4O3. The Morgan fingerprint density at radius 1 is 1.29 bits per heavy atom. The number of carbonyl (C=O) groups excluding carboxylic acids is 1. The first kappa shape index (κ1) is 15.9. The molecule has 0 radical (unpaired) electrons. The summed E-state index contributed by atoms with van der Waals surface area (Å²) in [6, 6.07) is 10.2. The second-order valence-corrected chi connectivity index (χ2v) is 5.35. The van der Waals surface area contributed by atoms with Crippen molar-refractivity contribution in [3.63, 3.8) is 0 Å². The van der Waals surface area contributed by atoms with Gasteiger partial charge in [0.25, 0.3) is 5.56 Å². The zero-order valence-electron chi connectivity index (χ0n) is 13.4. The number of ether oxygens (including phenoxy) is 1. The highest BCUT2D eigenvalue weighted by atomic mass is 16.5. The molecule has 0 fully saturated rings. The van der Waals surface area contributed by atoms with Crippen LogP contribution in [0, 0.1) is 0 Å². The first-order valence-electron chi connectivity index (χ1n) is 7.86. The monoisotopic (exact) mass is 326 g/mol. The molecule has 3 aromatic rings. The number of H-pyrrole nitrogens is 1. The van der Waals surface area contributed by atoms with Crippen molar-refractivity contribution in [1.82, 2.24) is 19.7 Å². The van der Waals surface area contributed by atoms with E-state index in [9.17, 15) is 9.59 Å². The molecule has 0 aliphatic carbocycles. The molecule has 3 rings (SSSR count). The van der Waals surface area contributed by atoms with Crippen molar-refractivity contribution < 1.29 is 9.53 Å². The maximum Gasteiger partial charge on any atom is 0.374 e. The number of aromatic amines is 1. The lowest BCUT2D eigenvalue weighted by Gasteiger charge is -2.01. The van der Waals surface area contributed by atoms with Crippen LogP contribution in [-0.2, 0) is 17.7 Å². The predicted octanol–water partition coefficient (Wildman–Crippen LogP) is 1.93. The van der Waals surface area contributed by atoms with E-state index in [-0.39, 0.29) is 17.9 Å². The van der Waals surface area contributed by atoms with Gasteiger partial charge in [-0.3, -0.25) is 14.5 Å². The molecule has 1 N–H and O–H groups in total. The molecule has 7 heteroatoms. The van der Waals surface area contributed by atoms with Gasteiger partial charge in [-0.25, -0.2) is 9.78 Å². The third-order valence-corrected chi connectivity index (χ3v) is 3.59. The largest absolute Gasteiger partial charge is 0.460 e. The van der Waals surface area contributed by atoms with E-state index in [1.54, 1.807) is 17.8 Å². The SMILES string of the molecule is CCOC(=O)c1nc2cn(CCCc3ccccc3)nc2c(=O)[nH]1. The van der Waals surface area contributed by atoms with Gasteiger partial charge in [0.2, 0.25) is 5.82 Å². The minimum absolute atomic E-state index is 0.0989. The van der Waals surface area contributed by atoms with Gasteiger partial charge in [-0.05, 0) is 25.3 Å². The Morgan fingerprint density at radius 2 is 2.08 bits per heavy atom. The number of esters is 1. The van der Waals surface area contributed by atoms with Gasteiger partial charge in [-0.1, -0.05) is 30.3 Å². The van der Waals surface area contributed by atoms with Crippen molar-refractivity contribution in [1.29, 1.82) is 0 Å². The van der Waals surface area contributed by atoms with Gasteiger partial charge in [-0.2, -0.15) is 5.10 Å². The van der Waals surface area contributed by atoms with E-state index >= 15 is 0 Å². The van der Waals surface area contributed by atoms with Crippen LogP contribution < -0.4 is 5.56 Å². The van der Waals surface area contributed by atoms with Crippen LogP contribution in [0.25, 0.3) is 11.0 Å². The Balaban J connectivity index is 1.74. The third-order valence-electron chi connectivity index (χ3n) is 3.59. The van der Waals surface area contributed by atoms with Gasteiger partial charge in [0.05, 0.1) is 12.8 Å². The van der Waals surface area contributed by atoms with Crippen LogP contribution in [0.3, 0.4) is 0 Å². The van der Waals surface area contributed by atoms with Gasteiger partial charge < -0.3 is 4.74 Å². The van der Waals surface area contributed by atoms with Gasteiger partial charge >= 0.3 is 5.97 Å². The number of aromatic nitrogens is 4. The van der Waals surface area contributed by atoms with Crippen molar-refractivity contribution in [2.75, 3.05) is 6.61 Å². The van der Waals surface area contributed by atoms with Crippen molar-refractivity contribution >= 4 is 17.0 Å². The van der Waals surface area contributed by atoms with Gasteiger partial charge in [0.15, 0.2) is 5.52 Å². The van der Waals surface area contributed by atoms with Crippen LogP contribution in [0.1, 0.15) is 29.5 Å². The van der Waals surface area contributed by atoms with Crippen LogP contribution in [0.4, 0.5) is 0 Å². The second kappa shape index (κ2) is 7.08. The molecule has 0 atom stereocenters. The molecule has 0 bridgehead atoms. The first-order valence-corrected chi connectivity index (χ1v) is 7.86. The standard InChI is InChI=1S/C17H18N4O3/c1-2-24-17(23)15-18-13-11-21(20-14(13)16(22)19-15)10-6-9-12-7-4-3-5-8-12/h3-5,7-8,11H,2,6,9-10H2,1H3,(H,18,19,22). The Kier molecular flexibility index (Phi) is 4.69. The van der Waals surface area contributed by atoms with E-state index in [1.807, 2.05) is 18.2 Å². The fourth-order valence-electron chi connectivity index (χ4n) is 2.47. The average Bonchev–Trinajstić information content (AvgIpc) is 2.99. The van der Waals surface area contributed by atoms with E-state index in [0.717, 1.165) is 12.8 Å². The summed E-state index contributed by atoms with van der Waals surface area (Å²) in [5.41, 5.74) is 1.43. The first-order chi connectivity index (χ1) is 11.7. The third kappa shape index (κ3) is 3.51. The lowest BCUT2D eigenvalue weighted by atomic mass is 10.1. The lowest BCUT2D eigenvalue weighted by molar-refractivity contribution is 0.0512. The zero-order chi connectivity index (χ0) is 16.9.